The molecule has 0 saturated carbocycles. The fourth-order valence-electron chi connectivity index (χ4n) is 1.69. The molecule has 0 fully saturated rings. The lowest BCUT2D eigenvalue weighted by atomic mass is 10.2. The second-order valence-electron chi connectivity index (χ2n) is 4.97. The number of pyridine rings is 1. The van der Waals surface area contributed by atoms with Gasteiger partial charge in [0.05, 0.1) is 11.4 Å². The maximum atomic E-state index is 4.66. The summed E-state index contributed by atoms with van der Waals surface area (Å²) in [4.78, 5) is 6.93. The lowest BCUT2D eigenvalue weighted by molar-refractivity contribution is 0.329. The van der Waals surface area contributed by atoms with Crippen molar-refractivity contribution in [3.63, 3.8) is 0 Å². The van der Waals surface area contributed by atoms with Gasteiger partial charge in [-0.1, -0.05) is 26.0 Å². The molecule has 0 aliphatic heterocycles. The van der Waals surface area contributed by atoms with Crippen LogP contribution in [0.25, 0.3) is 0 Å². The minimum atomic E-state index is 0.491. The normalized spacial score (nSPS) is 11.2. The molecular formula is C15H25N3. The average Bonchev–Trinajstić information content (AvgIpc) is 2.34. The Kier molecular flexibility index (Phi) is 6.61. The summed E-state index contributed by atoms with van der Waals surface area (Å²) in [5.74, 6) is 0. The molecule has 0 saturated heterocycles. The molecule has 18 heavy (non-hydrogen) atoms. The zero-order chi connectivity index (χ0) is 13.4. The van der Waals surface area contributed by atoms with Gasteiger partial charge >= 0.3 is 0 Å². The molecule has 3 nitrogen and oxygen atoms in total. The third kappa shape index (κ3) is 5.94. The summed E-state index contributed by atoms with van der Waals surface area (Å²) >= 11 is 0. The van der Waals surface area contributed by atoms with Gasteiger partial charge in [0.1, 0.15) is 0 Å². The van der Waals surface area contributed by atoms with Crippen LogP contribution in [0.3, 0.4) is 0 Å². The average molecular weight is 247 g/mol. The Morgan fingerprint density at radius 2 is 2.11 bits per heavy atom. The van der Waals surface area contributed by atoms with Crippen molar-refractivity contribution in [2.24, 2.45) is 0 Å². The van der Waals surface area contributed by atoms with Crippen molar-refractivity contribution in [3.8, 4) is 0 Å². The third-order valence-corrected chi connectivity index (χ3v) is 2.70. The van der Waals surface area contributed by atoms with Crippen molar-refractivity contribution in [2.75, 3.05) is 13.6 Å². The summed E-state index contributed by atoms with van der Waals surface area (Å²) in [6, 6.07) is 6.73. The molecule has 0 amide bonds. The summed E-state index contributed by atoms with van der Waals surface area (Å²) < 4.78 is 0. The fraction of sp³-hybridized carbons (Fsp3) is 0.533. The molecule has 1 N–H and O–H groups in total. The molecule has 100 valence electrons. The molecular weight excluding hydrogens is 222 g/mol. The first-order valence-corrected chi connectivity index (χ1v) is 6.59. The standard InChI is InChI=1S/C15H25N3/c1-5-6-10-18(4)12-15-9-7-8-14(17-15)11-16-13(2)3/h5,7-9,13,16H,1,6,10-12H2,2-4H3. The van der Waals surface area contributed by atoms with Gasteiger partial charge in [0, 0.05) is 25.7 Å². The summed E-state index contributed by atoms with van der Waals surface area (Å²) in [6.07, 6.45) is 2.97. The summed E-state index contributed by atoms with van der Waals surface area (Å²) in [5.41, 5.74) is 2.24. The molecule has 3 heteroatoms. The SMILES string of the molecule is C=CCCN(C)Cc1cccc(CNC(C)C)n1. The topological polar surface area (TPSA) is 28.2 Å². The lowest BCUT2D eigenvalue weighted by Crippen LogP contribution is -2.23. The minimum Gasteiger partial charge on any atom is -0.309 e. The van der Waals surface area contributed by atoms with Crippen LogP contribution in [-0.4, -0.2) is 29.5 Å². The minimum absolute atomic E-state index is 0.491. The van der Waals surface area contributed by atoms with Gasteiger partial charge in [-0.3, -0.25) is 4.98 Å². The number of aromatic nitrogens is 1. The summed E-state index contributed by atoms with van der Waals surface area (Å²) in [6.45, 7) is 10.8. The molecule has 0 atom stereocenters. The largest absolute Gasteiger partial charge is 0.309 e. The van der Waals surface area contributed by atoms with E-state index in [9.17, 15) is 0 Å². The van der Waals surface area contributed by atoms with Crippen LogP contribution in [0.1, 0.15) is 31.7 Å². The fourth-order valence-corrected chi connectivity index (χ4v) is 1.69. The maximum Gasteiger partial charge on any atom is 0.0547 e. The van der Waals surface area contributed by atoms with E-state index < -0.39 is 0 Å². The van der Waals surface area contributed by atoms with Crippen LogP contribution in [0.2, 0.25) is 0 Å². The lowest BCUT2D eigenvalue weighted by Gasteiger charge is -2.15. The smallest absolute Gasteiger partial charge is 0.0547 e. The highest BCUT2D eigenvalue weighted by molar-refractivity contribution is 5.11. The van der Waals surface area contributed by atoms with Crippen LogP contribution in [0.15, 0.2) is 30.9 Å². The van der Waals surface area contributed by atoms with Gasteiger partial charge in [-0.25, -0.2) is 0 Å². The van der Waals surface area contributed by atoms with Gasteiger partial charge in [-0.2, -0.15) is 0 Å². The van der Waals surface area contributed by atoms with Crippen LogP contribution in [0.4, 0.5) is 0 Å². The molecule has 0 bridgehead atoms. The van der Waals surface area contributed by atoms with Gasteiger partial charge in [0.15, 0.2) is 0 Å². The Hall–Kier alpha value is -1.19. The molecule has 1 heterocycles. The molecule has 0 aliphatic carbocycles. The maximum absolute atomic E-state index is 4.66. The first kappa shape index (κ1) is 14.9. The highest BCUT2D eigenvalue weighted by Crippen LogP contribution is 2.03. The van der Waals surface area contributed by atoms with E-state index in [-0.39, 0.29) is 0 Å². The van der Waals surface area contributed by atoms with Crippen LogP contribution >= 0.6 is 0 Å². The molecule has 0 aromatic carbocycles. The highest BCUT2D eigenvalue weighted by Gasteiger charge is 2.02. The molecule has 1 aromatic heterocycles. The van der Waals surface area contributed by atoms with Crippen molar-refractivity contribution in [1.29, 1.82) is 0 Å². The Labute approximate surface area is 111 Å². The number of rotatable bonds is 8. The van der Waals surface area contributed by atoms with E-state index in [0.29, 0.717) is 6.04 Å². The van der Waals surface area contributed by atoms with Gasteiger partial charge in [-0.05, 0) is 25.6 Å². The van der Waals surface area contributed by atoms with Gasteiger partial charge in [-0.15, -0.1) is 6.58 Å². The zero-order valence-corrected chi connectivity index (χ0v) is 11.8. The van der Waals surface area contributed by atoms with Crippen molar-refractivity contribution in [3.05, 3.63) is 42.2 Å². The second kappa shape index (κ2) is 8.01. The number of hydrogen-bond acceptors (Lipinski definition) is 3. The van der Waals surface area contributed by atoms with E-state index in [4.69, 9.17) is 0 Å². The van der Waals surface area contributed by atoms with E-state index in [0.717, 1.165) is 37.4 Å². The van der Waals surface area contributed by atoms with Crippen LogP contribution in [0.5, 0.6) is 0 Å². The first-order chi connectivity index (χ1) is 8.61. The van der Waals surface area contributed by atoms with E-state index >= 15 is 0 Å². The number of nitrogens with zero attached hydrogens (tertiary/aromatic N) is 2. The van der Waals surface area contributed by atoms with Crippen molar-refractivity contribution >= 4 is 0 Å². The van der Waals surface area contributed by atoms with E-state index in [2.05, 4.69) is 60.9 Å². The van der Waals surface area contributed by atoms with Gasteiger partial charge in [0.2, 0.25) is 0 Å². The van der Waals surface area contributed by atoms with Crippen LogP contribution < -0.4 is 5.32 Å². The van der Waals surface area contributed by atoms with E-state index in [1.165, 1.54) is 0 Å². The highest BCUT2D eigenvalue weighted by atomic mass is 15.1. The summed E-state index contributed by atoms with van der Waals surface area (Å²) in [7, 11) is 2.12. The van der Waals surface area contributed by atoms with Crippen LogP contribution in [0, 0.1) is 0 Å². The predicted molar refractivity (Wildman–Crippen MR) is 77.4 cm³/mol. The molecule has 0 spiro atoms. The number of hydrogen-bond donors (Lipinski definition) is 1. The second-order valence-corrected chi connectivity index (χ2v) is 4.97. The Bertz CT molecular complexity index is 361. The Morgan fingerprint density at radius 3 is 2.78 bits per heavy atom. The molecule has 1 rings (SSSR count). The molecule has 1 aromatic rings. The van der Waals surface area contributed by atoms with Crippen molar-refractivity contribution < 1.29 is 0 Å². The van der Waals surface area contributed by atoms with E-state index in [1.54, 1.807) is 0 Å². The molecule has 0 radical (unpaired) electrons. The molecule has 0 aliphatic rings. The first-order valence-electron chi connectivity index (χ1n) is 6.59. The number of nitrogens with one attached hydrogen (secondary N) is 1. The molecule has 0 unspecified atom stereocenters. The van der Waals surface area contributed by atoms with Gasteiger partial charge in [0.25, 0.3) is 0 Å². The Morgan fingerprint density at radius 1 is 1.39 bits per heavy atom. The Balaban J connectivity index is 2.50. The van der Waals surface area contributed by atoms with Crippen molar-refractivity contribution in [1.82, 2.24) is 15.2 Å². The van der Waals surface area contributed by atoms with Crippen LogP contribution in [-0.2, 0) is 13.1 Å². The summed E-state index contributed by atoms with van der Waals surface area (Å²) in [5, 5.41) is 3.39. The third-order valence-electron chi connectivity index (χ3n) is 2.70. The zero-order valence-electron chi connectivity index (χ0n) is 11.8. The van der Waals surface area contributed by atoms with Gasteiger partial charge < -0.3 is 10.2 Å². The predicted octanol–water partition coefficient (Wildman–Crippen LogP) is 2.59. The van der Waals surface area contributed by atoms with Crippen molar-refractivity contribution in [2.45, 2.75) is 39.4 Å². The van der Waals surface area contributed by atoms with E-state index in [1.807, 2.05) is 6.08 Å². The monoisotopic (exact) mass is 247 g/mol. The quantitative estimate of drug-likeness (QED) is 0.716.